The van der Waals surface area contributed by atoms with Crippen molar-refractivity contribution >= 4 is 17.7 Å². The molecule has 0 aliphatic rings. The zero-order valence-electron chi connectivity index (χ0n) is 21.9. The van der Waals surface area contributed by atoms with Crippen molar-refractivity contribution < 1.29 is 14.4 Å². The number of carbonyl (C=O) groups is 3. The molecule has 2 unspecified atom stereocenters. The molecule has 3 amide bonds. The summed E-state index contributed by atoms with van der Waals surface area (Å²) in [6.45, 7) is 25.1. The van der Waals surface area contributed by atoms with Crippen LogP contribution in [0.2, 0.25) is 0 Å². The number of hydrogen-bond acceptors (Lipinski definition) is 4. The van der Waals surface area contributed by atoms with E-state index >= 15 is 0 Å². The lowest BCUT2D eigenvalue weighted by molar-refractivity contribution is -0.121. The average Bonchev–Trinajstić information content (AvgIpc) is 2.72. The Morgan fingerprint density at radius 3 is 1.81 bits per heavy atom. The molecule has 0 aromatic rings. The van der Waals surface area contributed by atoms with E-state index in [2.05, 4.69) is 28.1 Å². The number of hydrogen-bond donors (Lipinski definition) is 4. The van der Waals surface area contributed by atoms with Crippen LogP contribution in [0.5, 0.6) is 0 Å². The zero-order valence-corrected chi connectivity index (χ0v) is 21.9. The Bertz CT molecular complexity index is 503. The van der Waals surface area contributed by atoms with Crippen molar-refractivity contribution in [2.75, 3.05) is 6.54 Å². The molecule has 2 atom stereocenters. The monoisotopic (exact) mass is 442 g/mol. The minimum atomic E-state index is -0.590. The van der Waals surface area contributed by atoms with Crippen LogP contribution in [-0.4, -0.2) is 36.3 Å². The van der Waals surface area contributed by atoms with Gasteiger partial charge in [0.15, 0.2) is 5.78 Å². The topological polar surface area (TPSA) is 99.3 Å². The first-order valence-corrected chi connectivity index (χ1v) is 11.4. The van der Waals surface area contributed by atoms with E-state index in [9.17, 15) is 14.4 Å². The first kappa shape index (κ1) is 36.2. The van der Waals surface area contributed by atoms with E-state index in [1.165, 1.54) is 6.92 Å². The number of carbonyl (C=O) groups excluding carboxylic acids is 3. The molecule has 0 radical (unpaired) electrons. The quantitative estimate of drug-likeness (QED) is 0.301. The molecule has 0 aromatic carbocycles. The second-order valence-electron chi connectivity index (χ2n) is 6.98. The first-order valence-electron chi connectivity index (χ1n) is 11.4. The minimum Gasteiger partial charge on any atom is -0.327 e. The van der Waals surface area contributed by atoms with E-state index in [1.807, 2.05) is 81.4 Å². The molecule has 4 N–H and O–H groups in total. The third-order valence-electron chi connectivity index (χ3n) is 3.49. The Balaban J connectivity index is -0.000000306. The standard InChI is InChI=1S/C14H28N4O3.C6H10.2C2H6/c1-6-10(4)15-8-13(20)17-18-14(21)16-12(11(5)19)7-9(2)3;1-4-5-6(2)3;2*1-2/h9-10,12,15H,6-8H2,1-5H3,(H,17,20)(H2,16,18,21);4-5H,2H2,1,3H3;2*1-2H3/b;5-4-;;. The zero-order chi connectivity index (χ0) is 25.4. The van der Waals surface area contributed by atoms with E-state index in [-0.39, 0.29) is 30.2 Å². The van der Waals surface area contributed by atoms with Crippen LogP contribution >= 0.6 is 0 Å². The van der Waals surface area contributed by atoms with Gasteiger partial charge in [-0.3, -0.25) is 15.0 Å². The van der Waals surface area contributed by atoms with Gasteiger partial charge in [0.1, 0.15) is 0 Å². The number of hydrazine groups is 1. The molecule has 0 fully saturated rings. The van der Waals surface area contributed by atoms with Gasteiger partial charge in [-0.25, -0.2) is 10.2 Å². The van der Waals surface area contributed by atoms with Crippen molar-refractivity contribution in [3.8, 4) is 0 Å². The van der Waals surface area contributed by atoms with E-state index in [0.717, 1.165) is 12.0 Å². The van der Waals surface area contributed by atoms with Crippen LogP contribution in [0.1, 0.15) is 89.0 Å². The third kappa shape index (κ3) is 30.1. The maximum absolute atomic E-state index is 11.6. The Morgan fingerprint density at radius 2 is 1.48 bits per heavy atom. The van der Waals surface area contributed by atoms with Crippen molar-refractivity contribution in [3.63, 3.8) is 0 Å². The highest BCUT2D eigenvalue weighted by atomic mass is 16.2. The number of nitrogens with one attached hydrogen (secondary N) is 4. The predicted octanol–water partition coefficient (Wildman–Crippen LogP) is 4.90. The van der Waals surface area contributed by atoms with Gasteiger partial charge in [0, 0.05) is 6.04 Å². The lowest BCUT2D eigenvalue weighted by Crippen LogP contribution is -2.53. The number of allylic oxidation sites excluding steroid dienone is 3. The van der Waals surface area contributed by atoms with E-state index in [4.69, 9.17) is 0 Å². The first-order chi connectivity index (χ1) is 14.5. The van der Waals surface area contributed by atoms with Gasteiger partial charge in [0.2, 0.25) is 0 Å². The van der Waals surface area contributed by atoms with Crippen molar-refractivity contribution in [1.29, 1.82) is 0 Å². The minimum absolute atomic E-state index is 0.108. The average molecular weight is 443 g/mol. The van der Waals surface area contributed by atoms with Crippen LogP contribution in [0.25, 0.3) is 0 Å². The molecule has 0 spiro atoms. The van der Waals surface area contributed by atoms with Crippen molar-refractivity contribution in [2.24, 2.45) is 5.92 Å². The SMILES string of the molecule is C=C(C)/C=C\C.CC.CC.CCC(C)NCC(=O)NNC(=O)NC(CC(C)C)C(C)=O. The summed E-state index contributed by atoms with van der Waals surface area (Å²) in [5.74, 6) is -0.161. The smallest absolute Gasteiger partial charge is 0.327 e. The van der Waals surface area contributed by atoms with Gasteiger partial charge in [-0.05, 0) is 46.5 Å². The summed E-state index contributed by atoms with van der Waals surface area (Å²) < 4.78 is 0. The molecule has 0 aromatic heterocycles. The van der Waals surface area contributed by atoms with Gasteiger partial charge >= 0.3 is 6.03 Å². The summed E-state index contributed by atoms with van der Waals surface area (Å²) >= 11 is 0. The molecule has 31 heavy (non-hydrogen) atoms. The maximum atomic E-state index is 11.6. The summed E-state index contributed by atoms with van der Waals surface area (Å²) in [5, 5.41) is 5.55. The highest BCUT2D eigenvalue weighted by Gasteiger charge is 2.18. The Morgan fingerprint density at radius 1 is 0.968 bits per heavy atom. The van der Waals surface area contributed by atoms with Gasteiger partial charge in [-0.2, -0.15) is 0 Å². The normalized spacial score (nSPS) is 11.4. The number of amides is 3. The van der Waals surface area contributed by atoms with Crippen molar-refractivity contribution in [2.45, 2.75) is 101 Å². The van der Waals surface area contributed by atoms with Gasteiger partial charge in [0.05, 0.1) is 12.6 Å². The third-order valence-corrected chi connectivity index (χ3v) is 3.49. The largest absolute Gasteiger partial charge is 0.334 e. The predicted molar refractivity (Wildman–Crippen MR) is 134 cm³/mol. The molecule has 7 nitrogen and oxygen atoms in total. The Hall–Kier alpha value is -2.15. The van der Waals surface area contributed by atoms with Gasteiger partial charge in [0.25, 0.3) is 5.91 Å². The molecule has 0 aliphatic carbocycles. The van der Waals surface area contributed by atoms with Crippen molar-refractivity contribution in [3.05, 3.63) is 24.3 Å². The highest BCUT2D eigenvalue weighted by molar-refractivity contribution is 5.88. The number of rotatable bonds is 9. The number of urea groups is 1. The Labute approximate surface area is 191 Å². The van der Waals surface area contributed by atoms with Gasteiger partial charge < -0.3 is 10.6 Å². The molecule has 0 saturated heterocycles. The molecular formula is C24H50N4O3. The van der Waals surface area contributed by atoms with Crippen LogP contribution in [-0.2, 0) is 9.59 Å². The summed E-state index contributed by atoms with van der Waals surface area (Å²) in [6.07, 6.45) is 5.42. The molecule has 0 heterocycles. The van der Waals surface area contributed by atoms with E-state index in [0.29, 0.717) is 6.42 Å². The maximum Gasteiger partial charge on any atom is 0.334 e. The summed E-state index contributed by atoms with van der Waals surface area (Å²) in [5.41, 5.74) is 5.63. The molecule has 0 saturated carbocycles. The van der Waals surface area contributed by atoms with Gasteiger partial charge in [-0.1, -0.05) is 72.8 Å². The second kappa shape index (κ2) is 25.9. The van der Waals surface area contributed by atoms with Crippen LogP contribution in [0.15, 0.2) is 24.3 Å². The molecule has 184 valence electrons. The molecule has 0 bridgehead atoms. The van der Waals surface area contributed by atoms with Gasteiger partial charge in [-0.15, -0.1) is 0 Å². The van der Waals surface area contributed by atoms with Crippen LogP contribution in [0, 0.1) is 5.92 Å². The summed E-state index contributed by atoms with van der Waals surface area (Å²) in [4.78, 5) is 34.5. The Kier molecular flexibility index (Phi) is 30.3. The lowest BCUT2D eigenvalue weighted by atomic mass is 10.0. The van der Waals surface area contributed by atoms with Crippen LogP contribution in [0.3, 0.4) is 0 Å². The second-order valence-corrected chi connectivity index (χ2v) is 6.98. The van der Waals surface area contributed by atoms with Crippen LogP contribution < -0.4 is 21.5 Å². The van der Waals surface area contributed by atoms with E-state index < -0.39 is 12.1 Å². The fourth-order valence-electron chi connectivity index (χ4n) is 1.86. The lowest BCUT2D eigenvalue weighted by Gasteiger charge is -2.18. The summed E-state index contributed by atoms with van der Waals surface area (Å²) in [7, 11) is 0. The van der Waals surface area contributed by atoms with E-state index in [1.54, 1.807) is 0 Å². The molecule has 0 rings (SSSR count). The fraction of sp³-hybridized carbons (Fsp3) is 0.708. The number of Topliss-reactive ketones (excluding diaryl/α,β-unsaturated/α-hetero) is 1. The fourth-order valence-corrected chi connectivity index (χ4v) is 1.86. The number of ketones is 1. The van der Waals surface area contributed by atoms with Crippen molar-refractivity contribution in [1.82, 2.24) is 21.5 Å². The highest BCUT2D eigenvalue weighted by Crippen LogP contribution is 2.05. The molecule has 7 heteroatoms. The molecule has 0 aliphatic heterocycles. The summed E-state index contributed by atoms with van der Waals surface area (Å²) in [6, 6.07) is -0.898. The van der Waals surface area contributed by atoms with Crippen LogP contribution in [0.4, 0.5) is 4.79 Å². The molecular weight excluding hydrogens is 392 g/mol.